The molecule has 2 rings (SSSR count). The molecule has 0 bridgehead atoms. The van der Waals surface area contributed by atoms with E-state index in [0.29, 0.717) is 6.04 Å². The monoisotopic (exact) mass is 347 g/mol. The first-order valence-corrected chi connectivity index (χ1v) is 8.20. The van der Waals surface area contributed by atoms with Crippen molar-refractivity contribution in [2.45, 2.75) is 33.2 Å². The number of rotatable bonds is 6. The topological polar surface area (TPSA) is 21.3 Å². The summed E-state index contributed by atoms with van der Waals surface area (Å²) in [4.78, 5) is 0. The zero-order valence-electron chi connectivity index (χ0n) is 12.8. The summed E-state index contributed by atoms with van der Waals surface area (Å²) in [5, 5.41) is 3.49. The minimum absolute atomic E-state index is 0.375. The first-order valence-electron chi connectivity index (χ1n) is 7.41. The Kier molecular flexibility index (Phi) is 5.83. The van der Waals surface area contributed by atoms with Crippen LogP contribution in [0.5, 0.6) is 11.5 Å². The normalized spacial score (nSPS) is 12.2. The molecule has 0 amide bonds. The van der Waals surface area contributed by atoms with Gasteiger partial charge in [0.25, 0.3) is 0 Å². The standard InChI is InChI=1S/C18H22BrNO/c1-4-17(20-5-2)14-7-6-8-15(12-14)21-18-10-9-13(3)11-16(18)19/h6-12,17,20H,4-5H2,1-3H3. The van der Waals surface area contributed by atoms with E-state index in [9.17, 15) is 0 Å². The van der Waals surface area contributed by atoms with E-state index >= 15 is 0 Å². The van der Waals surface area contributed by atoms with Gasteiger partial charge in [0, 0.05) is 6.04 Å². The van der Waals surface area contributed by atoms with Crippen LogP contribution in [-0.4, -0.2) is 6.54 Å². The van der Waals surface area contributed by atoms with Crippen molar-refractivity contribution in [1.82, 2.24) is 5.32 Å². The molecule has 0 heterocycles. The molecule has 0 saturated carbocycles. The Morgan fingerprint density at radius 2 is 1.95 bits per heavy atom. The Balaban J connectivity index is 2.21. The molecule has 0 aliphatic rings. The molecular weight excluding hydrogens is 326 g/mol. The van der Waals surface area contributed by atoms with Crippen LogP contribution < -0.4 is 10.1 Å². The van der Waals surface area contributed by atoms with Crippen molar-refractivity contribution in [3.63, 3.8) is 0 Å². The maximum atomic E-state index is 6.00. The molecule has 3 heteroatoms. The number of aryl methyl sites for hydroxylation is 1. The maximum absolute atomic E-state index is 6.00. The number of halogens is 1. The third-order valence-corrected chi connectivity index (χ3v) is 4.05. The maximum Gasteiger partial charge on any atom is 0.141 e. The second kappa shape index (κ2) is 7.62. The summed E-state index contributed by atoms with van der Waals surface area (Å²) < 4.78 is 6.98. The third kappa shape index (κ3) is 4.32. The highest BCUT2D eigenvalue weighted by atomic mass is 79.9. The van der Waals surface area contributed by atoms with Crippen LogP contribution in [0.15, 0.2) is 46.9 Å². The van der Waals surface area contributed by atoms with Gasteiger partial charge < -0.3 is 10.1 Å². The van der Waals surface area contributed by atoms with Gasteiger partial charge in [0.05, 0.1) is 4.47 Å². The lowest BCUT2D eigenvalue weighted by Crippen LogP contribution is -2.19. The van der Waals surface area contributed by atoms with Crippen LogP contribution in [0.4, 0.5) is 0 Å². The average molecular weight is 348 g/mol. The van der Waals surface area contributed by atoms with Crippen LogP contribution in [0.25, 0.3) is 0 Å². The summed E-state index contributed by atoms with van der Waals surface area (Å²) in [6.45, 7) is 7.36. The summed E-state index contributed by atoms with van der Waals surface area (Å²) in [5.41, 5.74) is 2.47. The molecule has 21 heavy (non-hydrogen) atoms. The van der Waals surface area contributed by atoms with Crippen LogP contribution in [-0.2, 0) is 0 Å². The number of nitrogens with one attached hydrogen (secondary N) is 1. The van der Waals surface area contributed by atoms with Crippen molar-refractivity contribution in [3.8, 4) is 11.5 Å². The lowest BCUT2D eigenvalue weighted by atomic mass is 10.0. The Morgan fingerprint density at radius 1 is 1.14 bits per heavy atom. The van der Waals surface area contributed by atoms with Crippen LogP contribution in [0.2, 0.25) is 0 Å². The van der Waals surface area contributed by atoms with Gasteiger partial charge in [0.2, 0.25) is 0 Å². The molecule has 2 aromatic rings. The Morgan fingerprint density at radius 3 is 2.62 bits per heavy atom. The minimum atomic E-state index is 0.375. The van der Waals surface area contributed by atoms with Gasteiger partial charge in [-0.1, -0.05) is 32.0 Å². The zero-order chi connectivity index (χ0) is 15.2. The Bertz CT molecular complexity index is 598. The fourth-order valence-corrected chi connectivity index (χ4v) is 2.93. The van der Waals surface area contributed by atoms with E-state index in [1.165, 1.54) is 11.1 Å². The first-order chi connectivity index (χ1) is 10.1. The van der Waals surface area contributed by atoms with E-state index < -0.39 is 0 Å². The molecule has 2 nitrogen and oxygen atoms in total. The fraction of sp³-hybridized carbons (Fsp3) is 0.333. The summed E-state index contributed by atoms with van der Waals surface area (Å²) in [7, 11) is 0. The van der Waals surface area contributed by atoms with Gasteiger partial charge in [0.15, 0.2) is 0 Å². The molecular formula is C18H22BrNO. The Labute approximate surface area is 135 Å². The highest BCUT2D eigenvalue weighted by Crippen LogP contribution is 2.31. The lowest BCUT2D eigenvalue weighted by molar-refractivity contribution is 0.474. The highest BCUT2D eigenvalue weighted by Gasteiger charge is 2.09. The first kappa shape index (κ1) is 16.1. The molecule has 0 aromatic heterocycles. The van der Waals surface area contributed by atoms with Gasteiger partial charge in [-0.15, -0.1) is 0 Å². The fourth-order valence-electron chi connectivity index (χ4n) is 2.35. The van der Waals surface area contributed by atoms with Crippen LogP contribution in [0.1, 0.15) is 37.4 Å². The molecule has 0 spiro atoms. The van der Waals surface area contributed by atoms with Gasteiger partial charge in [-0.25, -0.2) is 0 Å². The van der Waals surface area contributed by atoms with Crippen LogP contribution >= 0.6 is 15.9 Å². The summed E-state index contributed by atoms with van der Waals surface area (Å²) in [5.74, 6) is 1.71. The predicted octanol–water partition coefficient (Wildman–Crippen LogP) is 5.61. The Hall–Kier alpha value is -1.32. The van der Waals surface area contributed by atoms with E-state index in [0.717, 1.165) is 28.9 Å². The smallest absolute Gasteiger partial charge is 0.141 e. The number of benzene rings is 2. The quantitative estimate of drug-likeness (QED) is 0.733. The predicted molar refractivity (Wildman–Crippen MR) is 92.1 cm³/mol. The molecule has 112 valence electrons. The summed E-state index contributed by atoms with van der Waals surface area (Å²) in [6.07, 6.45) is 1.06. The van der Waals surface area contributed by atoms with E-state index in [1.54, 1.807) is 0 Å². The average Bonchev–Trinajstić information content (AvgIpc) is 2.48. The van der Waals surface area contributed by atoms with Crippen LogP contribution in [0, 0.1) is 6.92 Å². The van der Waals surface area contributed by atoms with Gasteiger partial charge >= 0.3 is 0 Å². The molecule has 1 atom stereocenters. The number of ether oxygens (including phenoxy) is 1. The van der Waals surface area contributed by atoms with Gasteiger partial charge in [-0.05, 0) is 71.2 Å². The van der Waals surface area contributed by atoms with Crippen molar-refractivity contribution in [2.24, 2.45) is 0 Å². The minimum Gasteiger partial charge on any atom is -0.456 e. The molecule has 0 saturated heterocycles. The molecule has 0 fully saturated rings. The molecule has 2 aromatic carbocycles. The third-order valence-electron chi connectivity index (χ3n) is 3.43. The van der Waals surface area contributed by atoms with Crippen molar-refractivity contribution < 1.29 is 4.74 Å². The van der Waals surface area contributed by atoms with Crippen molar-refractivity contribution >= 4 is 15.9 Å². The highest BCUT2D eigenvalue weighted by molar-refractivity contribution is 9.10. The van der Waals surface area contributed by atoms with E-state index in [-0.39, 0.29) is 0 Å². The van der Waals surface area contributed by atoms with Crippen molar-refractivity contribution in [2.75, 3.05) is 6.54 Å². The summed E-state index contributed by atoms with van der Waals surface area (Å²) in [6, 6.07) is 14.8. The second-order valence-electron chi connectivity index (χ2n) is 5.13. The van der Waals surface area contributed by atoms with Gasteiger partial charge in [-0.2, -0.15) is 0 Å². The number of hydrogen-bond acceptors (Lipinski definition) is 2. The second-order valence-corrected chi connectivity index (χ2v) is 5.98. The molecule has 1 unspecified atom stereocenters. The van der Waals surface area contributed by atoms with Crippen molar-refractivity contribution in [1.29, 1.82) is 0 Å². The molecule has 0 aliphatic heterocycles. The lowest BCUT2D eigenvalue weighted by Gasteiger charge is -2.17. The molecule has 1 N–H and O–H groups in total. The zero-order valence-corrected chi connectivity index (χ0v) is 14.4. The number of hydrogen-bond donors (Lipinski definition) is 1. The summed E-state index contributed by atoms with van der Waals surface area (Å²) >= 11 is 3.55. The largest absolute Gasteiger partial charge is 0.456 e. The SMILES string of the molecule is CCNC(CC)c1cccc(Oc2ccc(C)cc2Br)c1. The van der Waals surface area contributed by atoms with E-state index in [1.807, 2.05) is 18.2 Å². The van der Waals surface area contributed by atoms with E-state index in [2.05, 4.69) is 66.3 Å². The van der Waals surface area contributed by atoms with Crippen LogP contribution in [0.3, 0.4) is 0 Å². The van der Waals surface area contributed by atoms with E-state index in [4.69, 9.17) is 4.74 Å². The van der Waals surface area contributed by atoms with Gasteiger partial charge in [0.1, 0.15) is 11.5 Å². The van der Waals surface area contributed by atoms with Crippen molar-refractivity contribution in [3.05, 3.63) is 58.1 Å². The van der Waals surface area contributed by atoms with Gasteiger partial charge in [-0.3, -0.25) is 0 Å². The molecule has 0 aliphatic carbocycles. The molecule has 0 radical (unpaired) electrons.